The Morgan fingerprint density at radius 3 is 1.59 bits per heavy atom. The van der Waals surface area contributed by atoms with Crippen LogP contribution in [-0.4, -0.2) is 40.4 Å². The summed E-state index contributed by atoms with van der Waals surface area (Å²) in [5.41, 5.74) is -0.824. The molecule has 15 heteroatoms. The van der Waals surface area contributed by atoms with Crippen molar-refractivity contribution in [1.29, 1.82) is 0 Å². The van der Waals surface area contributed by atoms with Gasteiger partial charge in [-0.25, -0.2) is 13.9 Å². The van der Waals surface area contributed by atoms with Gasteiger partial charge < -0.3 is 15.8 Å². The molecule has 2 rings (SSSR count). The Bertz CT molecular complexity index is 1290. The zero-order valence-corrected chi connectivity index (χ0v) is 33.5. The van der Waals surface area contributed by atoms with Crippen LogP contribution in [0, 0.1) is 6.92 Å². The lowest BCUT2D eigenvalue weighted by Gasteiger charge is -2.21. The first-order chi connectivity index (χ1) is 24.1. The number of hydrogen-bond donors (Lipinski definition) is 3. The van der Waals surface area contributed by atoms with E-state index in [0.717, 1.165) is 51.4 Å². The van der Waals surface area contributed by atoms with Crippen LogP contribution < -0.4 is 17.4 Å². The predicted molar refractivity (Wildman–Crippen MR) is 203 cm³/mol. The quantitative estimate of drug-likeness (QED) is 0.0359. The van der Waals surface area contributed by atoms with Crippen LogP contribution in [0.15, 0.2) is 27.9 Å². The predicted octanol–water partition coefficient (Wildman–Crippen LogP) is 10.4. The minimum Gasteiger partial charge on any atom is -0.344 e. The van der Waals surface area contributed by atoms with E-state index in [1.165, 1.54) is 87.8 Å². The molecule has 0 fully saturated rings. The van der Waals surface area contributed by atoms with Crippen LogP contribution in [0.5, 0.6) is 0 Å². The molecule has 1 aliphatic heterocycles. The topological polar surface area (TPSA) is 190 Å². The van der Waals surface area contributed by atoms with Crippen molar-refractivity contribution >= 4 is 15.6 Å². The van der Waals surface area contributed by atoms with Crippen molar-refractivity contribution in [2.24, 2.45) is 0 Å². The summed E-state index contributed by atoms with van der Waals surface area (Å²) in [6, 6.07) is 0. The highest BCUT2D eigenvalue weighted by atomic mass is 31.3. The molecule has 0 aliphatic carbocycles. The summed E-state index contributed by atoms with van der Waals surface area (Å²) in [4.78, 5) is 36.5. The Labute approximate surface area is 306 Å². The van der Waals surface area contributed by atoms with Gasteiger partial charge in [0.05, 0.1) is 19.8 Å². The Hall–Kier alpha value is -1.40. The van der Waals surface area contributed by atoms with Gasteiger partial charge in [-0.1, -0.05) is 148 Å². The zero-order chi connectivity index (χ0) is 36.5. The van der Waals surface area contributed by atoms with E-state index < -0.39 is 45.8 Å². The molecule has 1 aromatic rings. The van der Waals surface area contributed by atoms with Gasteiger partial charge in [-0.2, -0.15) is 4.31 Å². The van der Waals surface area contributed by atoms with E-state index in [1.807, 2.05) is 0 Å². The molecule has 0 saturated carbocycles. The summed E-state index contributed by atoms with van der Waals surface area (Å²) in [5, 5.41) is 0. The van der Waals surface area contributed by atoms with E-state index in [0.29, 0.717) is 18.4 Å². The molecule has 2 heterocycles. The molecule has 1 aromatic heterocycles. The third-order valence-electron chi connectivity index (χ3n) is 8.82. The number of phosphoric acid groups is 2. The Kier molecular flexibility index (Phi) is 26.2. The van der Waals surface area contributed by atoms with Crippen molar-refractivity contribution in [3.8, 4) is 0 Å². The van der Waals surface area contributed by atoms with E-state index in [1.54, 1.807) is 19.1 Å². The minimum atomic E-state index is -4.89. The number of nitrogens with zero attached hydrogens (tertiary/aromatic N) is 1. The molecule has 1 aliphatic rings. The lowest BCUT2D eigenvalue weighted by molar-refractivity contribution is -0.0109. The minimum absolute atomic E-state index is 0. The highest BCUT2D eigenvalue weighted by Crippen LogP contribution is 2.63. The van der Waals surface area contributed by atoms with Gasteiger partial charge in [0.1, 0.15) is 6.10 Å². The second kappa shape index (κ2) is 28.1. The second-order valence-electron chi connectivity index (χ2n) is 13.5. The molecule has 51 heavy (non-hydrogen) atoms. The average Bonchev–Trinajstić information content (AvgIpc) is 3.55. The molecule has 0 spiro atoms. The number of ether oxygens (including phenoxy) is 1. The van der Waals surface area contributed by atoms with Crippen LogP contribution in [0.2, 0.25) is 0 Å². The summed E-state index contributed by atoms with van der Waals surface area (Å²) < 4.78 is 54.4. The van der Waals surface area contributed by atoms with Crippen LogP contribution in [-0.2, 0) is 31.7 Å². The molecule has 0 amide bonds. The van der Waals surface area contributed by atoms with Crippen molar-refractivity contribution < 1.29 is 36.6 Å². The van der Waals surface area contributed by atoms with Crippen LogP contribution in [0.4, 0.5) is 0 Å². The number of aryl methyl sites for hydroxylation is 1. The first-order valence-electron chi connectivity index (χ1n) is 19.3. The highest BCUT2D eigenvalue weighted by molar-refractivity contribution is 7.61. The third kappa shape index (κ3) is 21.8. The lowest BCUT2D eigenvalue weighted by Crippen LogP contribution is -2.33. The van der Waals surface area contributed by atoms with Gasteiger partial charge in [-0.05, 0) is 25.8 Å². The molecule has 0 aromatic carbocycles. The maximum Gasteiger partial charge on any atom is 0.483 e. The smallest absolute Gasteiger partial charge is 0.344 e. The molecule has 2 unspecified atom stereocenters. The fourth-order valence-electron chi connectivity index (χ4n) is 5.80. The van der Waals surface area contributed by atoms with E-state index in [-0.39, 0.29) is 19.4 Å². The maximum absolute atomic E-state index is 13.5. The van der Waals surface area contributed by atoms with E-state index >= 15 is 0 Å². The number of aromatic nitrogens is 2. The Balaban J connectivity index is 0.0000130. The number of aromatic amines is 1. The molecule has 4 atom stereocenters. The molecular formula is C36H69N3O10P2. The van der Waals surface area contributed by atoms with Gasteiger partial charge in [-0.15, -0.1) is 0 Å². The largest absolute Gasteiger partial charge is 0.483 e. The van der Waals surface area contributed by atoms with E-state index in [4.69, 9.17) is 22.6 Å². The van der Waals surface area contributed by atoms with Gasteiger partial charge in [0, 0.05) is 11.8 Å². The van der Waals surface area contributed by atoms with E-state index in [9.17, 15) is 23.6 Å². The van der Waals surface area contributed by atoms with Gasteiger partial charge in [0.25, 0.3) is 5.56 Å². The van der Waals surface area contributed by atoms with Gasteiger partial charge in [0.15, 0.2) is 6.23 Å². The standard InChI is InChI=1S/C36H66N2O10P2.H3N/c1-4-6-8-10-12-13-14-15-16-17-18-19-20-21-23-25-29-45-50(43,44-28-24-22-11-9-7-5-2)48-49(41,42)46-31-33-26-27-34(47-33)38-30-32(3)35(39)37-36(38)40;/h26-27,30,33-34H,4-25,28-29,31H2,1-3H3,(H,41,42)(H,37,39,40);1H3/t33-,34+,50?;/m0./s1. The summed E-state index contributed by atoms with van der Waals surface area (Å²) in [7, 11) is -9.29. The van der Waals surface area contributed by atoms with Crippen LogP contribution >= 0.6 is 15.6 Å². The molecule has 0 bridgehead atoms. The number of phosphoric ester groups is 2. The second-order valence-corrected chi connectivity index (χ2v) is 16.7. The fourth-order valence-corrected chi connectivity index (χ4v) is 8.50. The van der Waals surface area contributed by atoms with Crippen LogP contribution in [0.3, 0.4) is 0 Å². The summed E-state index contributed by atoms with van der Waals surface area (Å²) >= 11 is 0. The van der Waals surface area contributed by atoms with Crippen LogP contribution in [0.25, 0.3) is 0 Å². The van der Waals surface area contributed by atoms with Crippen molar-refractivity contribution in [2.75, 3.05) is 19.8 Å². The van der Waals surface area contributed by atoms with Crippen molar-refractivity contribution in [2.45, 2.75) is 174 Å². The number of unbranched alkanes of at least 4 members (excludes halogenated alkanes) is 20. The summed E-state index contributed by atoms with van der Waals surface area (Å²) in [5.74, 6) is 0. The molecular weight excluding hydrogens is 696 g/mol. The van der Waals surface area contributed by atoms with Crippen molar-refractivity contribution in [3.63, 3.8) is 0 Å². The fraction of sp³-hybridized carbons (Fsp3) is 0.833. The molecule has 0 saturated heterocycles. The Morgan fingerprint density at radius 2 is 1.14 bits per heavy atom. The molecule has 298 valence electrons. The average molecular weight is 766 g/mol. The van der Waals surface area contributed by atoms with E-state index in [2.05, 4.69) is 18.8 Å². The van der Waals surface area contributed by atoms with Crippen molar-refractivity contribution in [3.05, 3.63) is 44.8 Å². The number of H-pyrrole nitrogens is 1. The van der Waals surface area contributed by atoms with Gasteiger partial charge in [0.2, 0.25) is 0 Å². The molecule has 13 nitrogen and oxygen atoms in total. The van der Waals surface area contributed by atoms with Gasteiger partial charge in [-0.3, -0.25) is 27.9 Å². The first-order valence-corrected chi connectivity index (χ1v) is 22.3. The maximum atomic E-state index is 13.5. The summed E-state index contributed by atoms with van der Waals surface area (Å²) in [6.07, 6.45) is 28.3. The Morgan fingerprint density at radius 1 is 0.706 bits per heavy atom. The normalized spacial score (nSPS) is 18.0. The lowest BCUT2D eigenvalue weighted by atomic mass is 10.0. The summed E-state index contributed by atoms with van der Waals surface area (Å²) in [6.45, 7) is 5.66. The third-order valence-corrected chi connectivity index (χ3v) is 11.9. The first kappa shape index (κ1) is 47.6. The van der Waals surface area contributed by atoms with Gasteiger partial charge >= 0.3 is 21.3 Å². The van der Waals surface area contributed by atoms with Crippen LogP contribution in [0.1, 0.15) is 167 Å². The van der Waals surface area contributed by atoms with Crippen molar-refractivity contribution in [1.82, 2.24) is 15.7 Å². The SMILES string of the molecule is CCCCCCCCCCCCCCCCCCOP(=O)(OCCCCCCCC)OP(=O)(O)OC[C@@H]1C=C[C@H](n2cc(C)c(=O)[nH]c2=O)O1.N. The molecule has 0 radical (unpaired) electrons. The number of rotatable bonds is 32. The zero-order valence-electron chi connectivity index (χ0n) is 31.7. The number of hydrogen-bond acceptors (Lipinski definition) is 10. The number of nitrogens with one attached hydrogen (secondary N) is 1. The molecule has 5 N–H and O–H groups in total. The highest BCUT2D eigenvalue weighted by Gasteiger charge is 2.39. The monoisotopic (exact) mass is 765 g/mol.